The third-order valence-electron chi connectivity index (χ3n) is 21.0. The van der Waals surface area contributed by atoms with E-state index in [2.05, 4.69) is 47.9 Å². The molecular formula is C81H127N13O28P2. The number of nitrogens with zero attached hydrogens (tertiary/aromatic N) is 4. The Kier molecular flexibility index (Phi) is 44.9. The number of rotatable bonds is 57. The van der Waals surface area contributed by atoms with Crippen LogP contribution in [-0.4, -0.2) is 311 Å². The van der Waals surface area contributed by atoms with Gasteiger partial charge in [-0.25, -0.2) is 9.36 Å². The first-order valence-corrected chi connectivity index (χ1v) is 44.7. The van der Waals surface area contributed by atoms with Crippen LogP contribution in [0.1, 0.15) is 131 Å². The topological polar surface area (TPSA) is 538 Å². The van der Waals surface area contributed by atoms with Crippen molar-refractivity contribution in [1.82, 2.24) is 62.1 Å². The van der Waals surface area contributed by atoms with Crippen LogP contribution in [0.4, 0.5) is 5.69 Å². The molecule has 2 fully saturated rings. The summed E-state index contributed by atoms with van der Waals surface area (Å²) in [5.41, 5.74) is 1.04. The minimum absolute atomic E-state index is 0.00513. The van der Waals surface area contributed by atoms with Crippen LogP contribution in [0.2, 0.25) is 0 Å². The van der Waals surface area contributed by atoms with Crippen LogP contribution >= 0.6 is 15.4 Å². The number of ether oxygens (including phenoxy) is 7. The minimum atomic E-state index is -4.95. The highest BCUT2D eigenvalue weighted by atomic mass is 31.2. The maximum Gasteiger partial charge on any atom is 0.473 e. The number of carbonyl (C=O) groups excluding carboxylic acids is 14. The third-order valence-corrected chi connectivity index (χ3v) is 22.7. The van der Waals surface area contributed by atoms with Gasteiger partial charge >= 0.3 is 21.4 Å². The summed E-state index contributed by atoms with van der Waals surface area (Å²) in [5.74, 6) is -10.5. The van der Waals surface area contributed by atoms with E-state index in [9.17, 15) is 81.1 Å². The largest absolute Gasteiger partial charge is 0.473 e. The minimum Gasteiger partial charge on any atom is -0.464 e. The van der Waals surface area contributed by atoms with E-state index in [1.165, 1.54) is 45.4 Å². The van der Waals surface area contributed by atoms with E-state index in [1.54, 1.807) is 61.0 Å². The van der Waals surface area contributed by atoms with Crippen LogP contribution in [0.3, 0.4) is 0 Å². The molecule has 124 heavy (non-hydrogen) atoms. The Hall–Kier alpha value is -9.06. The Labute approximate surface area is 723 Å². The van der Waals surface area contributed by atoms with Crippen molar-refractivity contribution in [3.8, 4) is 0 Å². The highest BCUT2D eigenvalue weighted by Gasteiger charge is 2.45. The van der Waals surface area contributed by atoms with Crippen molar-refractivity contribution in [1.29, 1.82) is 0 Å². The monoisotopic (exact) mass is 1790 g/mol. The second kappa shape index (κ2) is 52.8. The Morgan fingerprint density at radius 1 is 0.637 bits per heavy atom. The van der Waals surface area contributed by atoms with Gasteiger partial charge in [0.25, 0.3) is 11.8 Å². The number of hydrogen-bond acceptors (Lipinski definition) is 26. The van der Waals surface area contributed by atoms with Crippen LogP contribution in [-0.2, 0) is 125 Å². The number of nitrogens with one attached hydrogen (secondary N) is 9. The van der Waals surface area contributed by atoms with Gasteiger partial charge in [0.15, 0.2) is 0 Å². The van der Waals surface area contributed by atoms with Crippen LogP contribution in [0.25, 0.3) is 0 Å². The molecule has 0 aromatic heterocycles. The van der Waals surface area contributed by atoms with E-state index >= 15 is 0 Å². The number of benzene rings is 2. The Bertz CT molecular complexity index is 3980. The molecule has 0 aliphatic carbocycles. The second-order valence-corrected chi connectivity index (χ2v) is 34.6. The first kappa shape index (κ1) is 105. The Balaban J connectivity index is 1.05. The molecule has 43 heteroatoms. The van der Waals surface area contributed by atoms with Crippen molar-refractivity contribution in [3.63, 3.8) is 0 Å². The molecule has 2 aromatic rings. The smallest absolute Gasteiger partial charge is 0.464 e. The first-order chi connectivity index (χ1) is 58.6. The lowest BCUT2D eigenvalue weighted by Gasteiger charge is -2.41. The fourth-order valence-corrected chi connectivity index (χ4v) is 15.7. The number of phosphoric acid groups is 1. The van der Waals surface area contributed by atoms with E-state index in [-0.39, 0.29) is 126 Å². The molecule has 3 heterocycles. The van der Waals surface area contributed by atoms with Gasteiger partial charge in [0.05, 0.1) is 134 Å². The van der Waals surface area contributed by atoms with Crippen LogP contribution in [0.5, 0.6) is 0 Å². The SMILES string of the molecule is CC[C@H](C)[C@@H]([C@@H](CC(=O)N1CCC[C@H]1[C@H](OC)[C@@H](C)C(=O)N[C@H](C)[C@@H](OP(=O)(O)OCc1ccc(NC(=O)CNC(=O)[C@H](C)NC(=O)[C@H](CC(=O)N[C@H]2CCOC2=O)NC(=O)CCOCCOCCOCCOCCNC(=O)[C@H](CNC(=O)CCP(=O)(O)O)N2C(=O)C=CC2=O)cc1)c1ccccc1)OC)N(C)C(=O)[C@@H](NC(=O)[C@H](C(C)C)N(C)C)C(C)C. The maximum atomic E-state index is 14.6. The number of esters is 1. The highest BCUT2D eigenvalue weighted by Crippen LogP contribution is 2.50. The number of hydrogen-bond donors (Lipinski definition) is 12. The first-order valence-electron chi connectivity index (χ1n) is 41.4. The molecule has 2 saturated heterocycles. The summed E-state index contributed by atoms with van der Waals surface area (Å²) in [4.78, 5) is 220. The molecule has 0 saturated carbocycles. The van der Waals surface area contributed by atoms with Gasteiger partial charge < -0.3 is 105 Å². The molecule has 5 rings (SSSR count). The number of methoxy groups -OCH3 is 2. The highest BCUT2D eigenvalue weighted by molar-refractivity contribution is 7.51. The fraction of sp³-hybridized carbons (Fsp3) is 0.654. The summed E-state index contributed by atoms with van der Waals surface area (Å²) in [5, 5.41) is 23.1. The normalized spacial score (nSPS) is 18.1. The zero-order valence-corrected chi connectivity index (χ0v) is 74.9. The molecule has 12 N–H and O–H groups in total. The second-order valence-electron chi connectivity index (χ2n) is 31.4. The van der Waals surface area contributed by atoms with Crippen LogP contribution < -0.4 is 47.9 Å². The number of anilines is 1. The molecule has 3 aliphatic heterocycles. The lowest BCUT2D eigenvalue weighted by Crippen LogP contribution is -2.59. The van der Waals surface area contributed by atoms with Crippen molar-refractivity contribution >= 4 is 104 Å². The third kappa shape index (κ3) is 35.0. The van der Waals surface area contributed by atoms with Gasteiger partial charge in [-0.1, -0.05) is 97.4 Å². The quantitative estimate of drug-likeness (QED) is 0.0187. The van der Waals surface area contributed by atoms with Crippen molar-refractivity contribution in [2.45, 2.75) is 193 Å². The summed E-state index contributed by atoms with van der Waals surface area (Å²) < 4.78 is 75.2. The molecule has 2 aromatic carbocycles. The lowest BCUT2D eigenvalue weighted by molar-refractivity contribution is -0.148. The van der Waals surface area contributed by atoms with Crippen molar-refractivity contribution < 1.29 is 133 Å². The van der Waals surface area contributed by atoms with E-state index in [0.717, 1.165) is 12.2 Å². The Morgan fingerprint density at radius 2 is 1.26 bits per heavy atom. The molecule has 15 atom stereocenters. The zero-order chi connectivity index (χ0) is 92.1. The summed E-state index contributed by atoms with van der Waals surface area (Å²) in [6.45, 7) is 15.5. The zero-order valence-electron chi connectivity index (χ0n) is 73.1. The van der Waals surface area contributed by atoms with E-state index < -0.39 is 198 Å². The number of likely N-dealkylation sites (tertiary alicyclic amines) is 1. The van der Waals surface area contributed by atoms with Crippen LogP contribution in [0, 0.1) is 23.7 Å². The number of amides is 13. The molecule has 41 nitrogen and oxygen atoms in total. The summed E-state index contributed by atoms with van der Waals surface area (Å²) in [6.07, 6.45) is -1.30. The Morgan fingerprint density at radius 3 is 1.82 bits per heavy atom. The molecule has 13 amide bonds. The predicted molar refractivity (Wildman–Crippen MR) is 448 cm³/mol. The van der Waals surface area contributed by atoms with Gasteiger partial charge in [-0.15, -0.1) is 0 Å². The van der Waals surface area contributed by atoms with Gasteiger partial charge in [-0.2, -0.15) is 0 Å². The molecule has 1 unspecified atom stereocenters. The lowest BCUT2D eigenvalue weighted by atomic mass is 9.89. The molecule has 0 bridgehead atoms. The summed E-state index contributed by atoms with van der Waals surface area (Å²) >= 11 is 0. The van der Waals surface area contributed by atoms with Gasteiger partial charge in [0.2, 0.25) is 65.0 Å². The van der Waals surface area contributed by atoms with E-state index in [4.69, 9.17) is 52.0 Å². The fourth-order valence-electron chi connectivity index (χ4n) is 14.2. The average Bonchev–Trinajstić information content (AvgIpc) is 1.52. The van der Waals surface area contributed by atoms with Crippen molar-refractivity contribution in [3.05, 3.63) is 77.9 Å². The average molecular weight is 1790 g/mol. The summed E-state index contributed by atoms with van der Waals surface area (Å²) in [7, 11) is -1.15. The van der Waals surface area contributed by atoms with Crippen molar-refractivity contribution in [2.24, 2.45) is 23.7 Å². The molecule has 0 radical (unpaired) electrons. The van der Waals surface area contributed by atoms with Gasteiger partial charge in [-0.05, 0) is 81.8 Å². The standard InChI is InChI=1S/C81H127N13O28P2/c1-15-51(6)72(92(12)80(107)70(49(2)3)90-79(106)71(50(4)5)91(10)11)62(114-13)45-69(101)93-33-19-22-60(93)73(115-14)52(7)75(102)85-53(8)74(56-20-17-16-18-21-56)122-124(112,113)121-48-55-23-25-57(26-24-55)87-66(98)47-84-76(103)54(9)86-77(104)59(44-65(97)88-58-29-35-120-81(58)108)89-64(96)30-34-116-37-39-118-41-42-119-40-38-117-36-32-82-78(105)61(94-67(99)27-28-68(94)100)46-83-63(95)31-43-123(109,110)111/h16-18,20-21,23-28,49-54,58-62,70-74H,15,19,22,29-48H2,1-14H3,(H,82,105)(H,83,95)(H,84,103)(H,85,102)(H,86,104)(H,87,98)(H,88,97)(H,89,96)(H,90,106)(H,112,113)(H2,109,110,111)/t51-,52+,53+,54-,58-,59-,60-,61-,62+,70-,71-,72-,73+,74+/m0/s1. The molecule has 0 spiro atoms. The number of phosphoric ester groups is 1. The van der Waals surface area contributed by atoms with Crippen molar-refractivity contribution in [2.75, 3.05) is 132 Å². The molecule has 3 aliphatic rings. The predicted octanol–water partition coefficient (Wildman–Crippen LogP) is 0.630. The van der Waals surface area contributed by atoms with E-state index in [1.807, 2.05) is 60.5 Å². The van der Waals surface area contributed by atoms with Gasteiger partial charge in [0, 0.05) is 78.0 Å². The van der Waals surface area contributed by atoms with Crippen LogP contribution in [0.15, 0.2) is 66.7 Å². The molecular weight excluding hydrogens is 1660 g/mol. The number of imide groups is 1. The van der Waals surface area contributed by atoms with E-state index in [0.29, 0.717) is 41.8 Å². The van der Waals surface area contributed by atoms with Gasteiger partial charge in [-0.3, -0.25) is 85.7 Å². The van der Waals surface area contributed by atoms with Gasteiger partial charge in [0.1, 0.15) is 36.3 Å². The molecule has 694 valence electrons. The number of carbonyl (C=O) groups is 14. The summed E-state index contributed by atoms with van der Waals surface area (Å²) in [6, 6.07) is 5.59. The number of likely N-dealkylation sites (N-methyl/N-ethyl adjacent to an activating group) is 2. The number of cyclic esters (lactones) is 1. The maximum absolute atomic E-state index is 14.6.